The van der Waals surface area contributed by atoms with Crippen molar-refractivity contribution in [2.75, 3.05) is 7.11 Å². The molecule has 2 bridgehead atoms. The van der Waals surface area contributed by atoms with E-state index in [0.717, 1.165) is 37.0 Å². The van der Waals surface area contributed by atoms with Crippen LogP contribution in [0.15, 0.2) is 24.3 Å². The first-order valence-corrected chi connectivity index (χ1v) is 6.60. The summed E-state index contributed by atoms with van der Waals surface area (Å²) in [6, 6.07) is 7.45. The van der Waals surface area contributed by atoms with E-state index in [1.807, 2.05) is 24.3 Å². The highest BCUT2D eigenvalue weighted by atomic mass is 16.5. The van der Waals surface area contributed by atoms with Crippen LogP contribution in [0.25, 0.3) is 0 Å². The standard InChI is InChI=1S/C15H18O3/c1-17-12-4-2-3-10(7-12)15(16)11-8-13-5-6-14(9-11)18-13/h2-4,7,11,13-14H,5-6,8-9H2,1H3. The van der Waals surface area contributed by atoms with Crippen LogP contribution in [0.5, 0.6) is 5.75 Å². The Balaban J connectivity index is 1.77. The second-order valence-corrected chi connectivity index (χ2v) is 5.22. The molecule has 2 aliphatic heterocycles. The number of hydrogen-bond acceptors (Lipinski definition) is 3. The lowest BCUT2D eigenvalue weighted by Crippen LogP contribution is -2.30. The average Bonchev–Trinajstić information content (AvgIpc) is 2.76. The Morgan fingerprint density at radius 1 is 1.28 bits per heavy atom. The lowest BCUT2D eigenvalue weighted by Gasteiger charge is -2.27. The molecule has 0 spiro atoms. The molecule has 3 nitrogen and oxygen atoms in total. The summed E-state index contributed by atoms with van der Waals surface area (Å²) in [4.78, 5) is 12.5. The number of Topliss-reactive ketones (excluding diaryl/α,β-unsaturated/α-hetero) is 1. The molecular formula is C15H18O3. The van der Waals surface area contributed by atoms with Gasteiger partial charge < -0.3 is 9.47 Å². The van der Waals surface area contributed by atoms with Crippen LogP contribution >= 0.6 is 0 Å². The van der Waals surface area contributed by atoms with Gasteiger partial charge >= 0.3 is 0 Å². The van der Waals surface area contributed by atoms with Gasteiger partial charge in [0, 0.05) is 11.5 Å². The minimum absolute atomic E-state index is 0.128. The molecule has 3 heteroatoms. The van der Waals surface area contributed by atoms with Gasteiger partial charge in [0.15, 0.2) is 5.78 Å². The van der Waals surface area contributed by atoms with Crippen molar-refractivity contribution in [3.05, 3.63) is 29.8 Å². The molecule has 0 aromatic heterocycles. The lowest BCUT2D eigenvalue weighted by atomic mass is 9.88. The second-order valence-electron chi connectivity index (χ2n) is 5.22. The maximum Gasteiger partial charge on any atom is 0.166 e. The molecule has 1 aromatic carbocycles. The van der Waals surface area contributed by atoms with Crippen molar-refractivity contribution in [1.29, 1.82) is 0 Å². The number of methoxy groups -OCH3 is 1. The zero-order valence-corrected chi connectivity index (χ0v) is 10.6. The summed E-state index contributed by atoms with van der Waals surface area (Å²) in [5.41, 5.74) is 0.764. The van der Waals surface area contributed by atoms with E-state index in [9.17, 15) is 4.79 Å². The van der Waals surface area contributed by atoms with Gasteiger partial charge in [-0.3, -0.25) is 4.79 Å². The molecule has 0 N–H and O–H groups in total. The van der Waals surface area contributed by atoms with Crippen molar-refractivity contribution in [2.45, 2.75) is 37.9 Å². The predicted octanol–water partition coefficient (Wildman–Crippen LogP) is 2.84. The van der Waals surface area contributed by atoms with Crippen molar-refractivity contribution in [1.82, 2.24) is 0 Å². The minimum Gasteiger partial charge on any atom is -0.497 e. The molecule has 2 unspecified atom stereocenters. The third-order valence-corrected chi connectivity index (χ3v) is 4.02. The molecule has 2 fully saturated rings. The molecule has 96 valence electrons. The van der Waals surface area contributed by atoms with Gasteiger partial charge in [-0.15, -0.1) is 0 Å². The maximum atomic E-state index is 12.5. The Labute approximate surface area is 107 Å². The van der Waals surface area contributed by atoms with Crippen molar-refractivity contribution in [3.63, 3.8) is 0 Å². The number of rotatable bonds is 3. The molecule has 0 aliphatic carbocycles. The molecule has 18 heavy (non-hydrogen) atoms. The lowest BCUT2D eigenvalue weighted by molar-refractivity contribution is -0.0149. The van der Waals surface area contributed by atoms with E-state index >= 15 is 0 Å². The number of carbonyl (C=O) groups excluding carboxylic acids is 1. The Bertz CT molecular complexity index is 443. The van der Waals surface area contributed by atoms with E-state index in [4.69, 9.17) is 9.47 Å². The van der Waals surface area contributed by atoms with Crippen LogP contribution in [0, 0.1) is 5.92 Å². The van der Waals surface area contributed by atoms with Gasteiger partial charge in [0.05, 0.1) is 19.3 Å². The van der Waals surface area contributed by atoms with Crippen LogP contribution in [0.2, 0.25) is 0 Å². The molecule has 0 saturated carbocycles. The molecule has 1 aromatic rings. The molecule has 3 rings (SSSR count). The summed E-state index contributed by atoms with van der Waals surface area (Å²) in [5, 5.41) is 0. The molecule has 0 amide bonds. The van der Waals surface area contributed by atoms with Crippen LogP contribution in [0.3, 0.4) is 0 Å². The Morgan fingerprint density at radius 2 is 2.00 bits per heavy atom. The third kappa shape index (κ3) is 2.15. The molecular weight excluding hydrogens is 228 g/mol. The highest BCUT2D eigenvalue weighted by molar-refractivity contribution is 5.98. The van der Waals surface area contributed by atoms with Crippen molar-refractivity contribution < 1.29 is 14.3 Å². The van der Waals surface area contributed by atoms with Crippen molar-refractivity contribution >= 4 is 5.78 Å². The fourth-order valence-corrected chi connectivity index (χ4v) is 3.08. The summed E-state index contributed by atoms with van der Waals surface area (Å²) in [7, 11) is 1.62. The normalized spacial score (nSPS) is 30.2. The van der Waals surface area contributed by atoms with E-state index in [1.165, 1.54) is 0 Å². The highest BCUT2D eigenvalue weighted by Crippen LogP contribution is 2.37. The first-order chi connectivity index (χ1) is 8.76. The zero-order chi connectivity index (χ0) is 12.5. The largest absolute Gasteiger partial charge is 0.497 e. The summed E-state index contributed by atoms with van der Waals surface area (Å²) in [5.74, 6) is 1.12. The summed E-state index contributed by atoms with van der Waals surface area (Å²) < 4.78 is 11.0. The topological polar surface area (TPSA) is 35.5 Å². The summed E-state index contributed by atoms with van der Waals surface area (Å²) in [6.45, 7) is 0. The SMILES string of the molecule is COc1cccc(C(=O)C2CC3CCC(C2)O3)c1. The summed E-state index contributed by atoms with van der Waals surface area (Å²) in [6.07, 6.45) is 4.62. The van der Waals surface area contributed by atoms with Gasteiger partial charge in [0.1, 0.15) is 5.75 Å². The third-order valence-electron chi connectivity index (χ3n) is 4.02. The van der Waals surface area contributed by atoms with E-state index in [1.54, 1.807) is 7.11 Å². The quantitative estimate of drug-likeness (QED) is 0.769. The Hall–Kier alpha value is -1.35. The zero-order valence-electron chi connectivity index (χ0n) is 10.6. The average molecular weight is 246 g/mol. The first kappa shape index (κ1) is 11.7. The van der Waals surface area contributed by atoms with Crippen molar-refractivity contribution in [3.8, 4) is 5.75 Å². The fraction of sp³-hybridized carbons (Fsp3) is 0.533. The van der Waals surface area contributed by atoms with E-state index in [0.29, 0.717) is 12.2 Å². The number of ketones is 1. The fourth-order valence-electron chi connectivity index (χ4n) is 3.08. The van der Waals surface area contributed by atoms with E-state index in [-0.39, 0.29) is 11.7 Å². The molecule has 0 radical (unpaired) electrons. The smallest absolute Gasteiger partial charge is 0.166 e. The number of hydrogen-bond donors (Lipinski definition) is 0. The van der Waals surface area contributed by atoms with E-state index in [2.05, 4.69) is 0 Å². The van der Waals surface area contributed by atoms with Gasteiger partial charge in [0.25, 0.3) is 0 Å². The number of carbonyl (C=O) groups is 1. The summed E-state index contributed by atoms with van der Waals surface area (Å²) >= 11 is 0. The number of benzene rings is 1. The van der Waals surface area contributed by atoms with Crippen LogP contribution in [-0.2, 0) is 4.74 Å². The highest BCUT2D eigenvalue weighted by Gasteiger charge is 2.38. The van der Waals surface area contributed by atoms with Gasteiger partial charge in [-0.1, -0.05) is 12.1 Å². The van der Waals surface area contributed by atoms with Crippen LogP contribution in [0.4, 0.5) is 0 Å². The van der Waals surface area contributed by atoms with Gasteiger partial charge in [0.2, 0.25) is 0 Å². The van der Waals surface area contributed by atoms with Gasteiger partial charge in [-0.2, -0.15) is 0 Å². The molecule has 2 atom stereocenters. The number of fused-ring (bicyclic) bond motifs is 2. The monoisotopic (exact) mass is 246 g/mol. The number of ether oxygens (including phenoxy) is 2. The Morgan fingerprint density at radius 3 is 2.67 bits per heavy atom. The van der Waals surface area contributed by atoms with Gasteiger partial charge in [-0.05, 0) is 37.8 Å². The predicted molar refractivity (Wildman–Crippen MR) is 67.9 cm³/mol. The van der Waals surface area contributed by atoms with Crippen LogP contribution < -0.4 is 4.74 Å². The van der Waals surface area contributed by atoms with Crippen LogP contribution in [0.1, 0.15) is 36.0 Å². The van der Waals surface area contributed by atoms with Crippen molar-refractivity contribution in [2.24, 2.45) is 5.92 Å². The minimum atomic E-state index is 0.128. The second kappa shape index (κ2) is 4.73. The van der Waals surface area contributed by atoms with Crippen LogP contribution in [-0.4, -0.2) is 25.1 Å². The molecule has 2 saturated heterocycles. The molecule has 2 aliphatic rings. The van der Waals surface area contributed by atoms with Gasteiger partial charge in [-0.25, -0.2) is 0 Å². The van der Waals surface area contributed by atoms with E-state index < -0.39 is 0 Å². The molecule has 2 heterocycles. The Kier molecular flexibility index (Phi) is 3.08. The first-order valence-electron chi connectivity index (χ1n) is 6.60. The maximum absolute atomic E-state index is 12.5.